The van der Waals surface area contributed by atoms with E-state index in [-0.39, 0.29) is 5.91 Å². The van der Waals surface area contributed by atoms with Crippen molar-refractivity contribution in [1.29, 1.82) is 0 Å². The van der Waals surface area contributed by atoms with Gasteiger partial charge in [-0.1, -0.05) is 17.8 Å². The summed E-state index contributed by atoms with van der Waals surface area (Å²) >= 11 is 1.36. The normalized spacial score (nSPS) is 27.0. The Bertz CT molecular complexity index is 530. The summed E-state index contributed by atoms with van der Waals surface area (Å²) in [5.74, 6) is 2.79. The molecule has 2 aliphatic rings. The van der Waals surface area contributed by atoms with Crippen LogP contribution in [-0.4, -0.2) is 35.9 Å². The van der Waals surface area contributed by atoms with Gasteiger partial charge in [0.1, 0.15) is 10.7 Å². The Labute approximate surface area is 129 Å². The van der Waals surface area contributed by atoms with Crippen molar-refractivity contribution in [3.05, 3.63) is 4.88 Å². The molecule has 2 aliphatic carbocycles. The number of nitrogens with one attached hydrogen (secondary N) is 1. The van der Waals surface area contributed by atoms with E-state index >= 15 is 0 Å². The molecule has 1 aromatic heterocycles. The Morgan fingerprint density at radius 2 is 2.29 bits per heavy atom. The van der Waals surface area contributed by atoms with Gasteiger partial charge in [0.15, 0.2) is 5.13 Å². The highest BCUT2D eigenvalue weighted by Gasteiger charge is 2.40. The van der Waals surface area contributed by atoms with Crippen LogP contribution in [0.1, 0.15) is 42.3 Å². The van der Waals surface area contributed by atoms with Crippen LogP contribution in [0.15, 0.2) is 0 Å². The molecule has 21 heavy (non-hydrogen) atoms. The summed E-state index contributed by atoms with van der Waals surface area (Å²) in [6.07, 6.45) is 5.42. The second-order valence-corrected chi connectivity index (χ2v) is 7.38. The maximum atomic E-state index is 12.6. The van der Waals surface area contributed by atoms with Gasteiger partial charge in [0.2, 0.25) is 0 Å². The zero-order valence-electron chi connectivity index (χ0n) is 12.8. The molecular weight excluding hydrogens is 284 g/mol. The molecule has 0 spiro atoms. The van der Waals surface area contributed by atoms with Gasteiger partial charge in [-0.25, -0.2) is 4.98 Å². The quantitative estimate of drug-likeness (QED) is 0.877. The van der Waals surface area contributed by atoms with Crippen LogP contribution in [0.25, 0.3) is 0 Å². The van der Waals surface area contributed by atoms with E-state index in [1.54, 1.807) is 0 Å². The largest absolute Gasteiger partial charge is 0.382 e. The van der Waals surface area contributed by atoms with E-state index in [2.05, 4.69) is 10.3 Å². The minimum atomic E-state index is 0.0110. The van der Waals surface area contributed by atoms with Crippen LogP contribution in [-0.2, 0) is 0 Å². The third kappa shape index (κ3) is 2.86. The number of anilines is 2. The van der Waals surface area contributed by atoms with Gasteiger partial charge in [-0.05, 0) is 43.9 Å². The van der Waals surface area contributed by atoms with Crippen molar-refractivity contribution >= 4 is 28.2 Å². The Kier molecular flexibility index (Phi) is 4.06. The molecule has 0 saturated heterocycles. The summed E-state index contributed by atoms with van der Waals surface area (Å²) in [6, 6.07) is 0. The lowest BCUT2D eigenvalue weighted by Gasteiger charge is -2.27. The van der Waals surface area contributed by atoms with Crippen molar-refractivity contribution in [2.45, 2.75) is 32.6 Å². The summed E-state index contributed by atoms with van der Waals surface area (Å²) in [6.45, 7) is 3.63. The molecule has 1 amide bonds. The Balaban J connectivity index is 1.64. The van der Waals surface area contributed by atoms with Gasteiger partial charge >= 0.3 is 0 Å². The monoisotopic (exact) mass is 308 g/mol. The first-order chi connectivity index (χ1) is 10.1. The summed E-state index contributed by atoms with van der Waals surface area (Å²) < 4.78 is 0. The molecule has 3 atom stereocenters. The van der Waals surface area contributed by atoms with E-state index < -0.39 is 0 Å². The molecule has 0 aliphatic heterocycles. The Hall–Kier alpha value is -1.30. The lowest BCUT2D eigenvalue weighted by Crippen LogP contribution is -2.33. The van der Waals surface area contributed by atoms with Crippen LogP contribution in [0.3, 0.4) is 0 Å². The number of nitrogen functional groups attached to an aromatic ring is 1. The average molecular weight is 308 g/mol. The molecule has 6 heteroatoms. The van der Waals surface area contributed by atoms with Gasteiger partial charge in [-0.15, -0.1) is 0 Å². The van der Waals surface area contributed by atoms with Crippen molar-refractivity contribution in [1.82, 2.24) is 9.88 Å². The number of nitrogens with two attached hydrogens (primary N) is 1. The van der Waals surface area contributed by atoms with Gasteiger partial charge in [0, 0.05) is 20.1 Å². The number of hydrogen-bond donors (Lipinski definition) is 2. The Morgan fingerprint density at radius 3 is 2.90 bits per heavy atom. The van der Waals surface area contributed by atoms with E-state index in [1.807, 2.05) is 18.9 Å². The van der Waals surface area contributed by atoms with E-state index in [0.29, 0.717) is 16.6 Å². The first kappa shape index (κ1) is 14.6. The molecule has 3 unspecified atom stereocenters. The third-order valence-corrected chi connectivity index (χ3v) is 5.93. The number of aromatic nitrogens is 1. The number of nitrogens with zero attached hydrogens (tertiary/aromatic N) is 2. The van der Waals surface area contributed by atoms with Crippen LogP contribution in [0.2, 0.25) is 0 Å². The van der Waals surface area contributed by atoms with Gasteiger partial charge in [-0.3, -0.25) is 4.79 Å². The molecule has 3 rings (SSSR count). The summed E-state index contributed by atoms with van der Waals surface area (Å²) in [5, 5.41) is 3.84. The fraction of sp³-hybridized carbons (Fsp3) is 0.733. The number of carbonyl (C=O) groups is 1. The molecule has 3 N–H and O–H groups in total. The van der Waals surface area contributed by atoms with Crippen molar-refractivity contribution in [3.63, 3.8) is 0 Å². The van der Waals surface area contributed by atoms with Crippen molar-refractivity contribution in [2.75, 3.05) is 31.2 Å². The smallest absolute Gasteiger partial charge is 0.267 e. The lowest BCUT2D eigenvalue weighted by molar-refractivity contribution is 0.0760. The number of rotatable bonds is 5. The molecule has 2 bridgehead atoms. The van der Waals surface area contributed by atoms with E-state index in [9.17, 15) is 4.79 Å². The lowest BCUT2D eigenvalue weighted by atomic mass is 9.88. The highest BCUT2D eigenvalue weighted by Crippen LogP contribution is 2.48. The predicted molar refractivity (Wildman–Crippen MR) is 86.6 cm³/mol. The minimum Gasteiger partial charge on any atom is -0.382 e. The van der Waals surface area contributed by atoms with Crippen LogP contribution in [0.5, 0.6) is 0 Å². The van der Waals surface area contributed by atoms with Crippen LogP contribution in [0, 0.1) is 17.8 Å². The van der Waals surface area contributed by atoms with E-state index in [1.165, 1.54) is 37.0 Å². The average Bonchev–Trinajstić information content (AvgIpc) is 3.14. The topological polar surface area (TPSA) is 71.2 Å². The maximum Gasteiger partial charge on any atom is 0.267 e. The summed E-state index contributed by atoms with van der Waals surface area (Å²) in [5.41, 5.74) is 5.89. The molecule has 2 saturated carbocycles. The molecule has 116 valence electrons. The van der Waals surface area contributed by atoms with Crippen LogP contribution < -0.4 is 11.1 Å². The van der Waals surface area contributed by atoms with Crippen molar-refractivity contribution in [2.24, 2.45) is 17.8 Å². The maximum absolute atomic E-state index is 12.6. The van der Waals surface area contributed by atoms with Crippen molar-refractivity contribution in [3.8, 4) is 0 Å². The third-order valence-electron chi connectivity index (χ3n) is 4.92. The van der Waals surface area contributed by atoms with Gasteiger partial charge < -0.3 is 16.0 Å². The molecule has 0 radical (unpaired) electrons. The molecule has 5 nitrogen and oxygen atoms in total. The molecule has 1 heterocycles. The minimum absolute atomic E-state index is 0.0110. The summed E-state index contributed by atoms with van der Waals surface area (Å²) in [7, 11) is 1.89. The molecule has 0 aromatic carbocycles. The van der Waals surface area contributed by atoms with E-state index in [0.717, 1.165) is 30.1 Å². The van der Waals surface area contributed by atoms with Gasteiger partial charge in [-0.2, -0.15) is 0 Å². The standard InChI is InChI=1S/C15H24N4OS/c1-3-17-15-18-13(16)12(21-15)14(20)19(2)8-11-7-9-4-5-10(11)6-9/h9-11H,3-8,16H2,1-2H3,(H,17,18). The highest BCUT2D eigenvalue weighted by atomic mass is 32.1. The predicted octanol–water partition coefficient (Wildman–Crippen LogP) is 2.67. The zero-order valence-corrected chi connectivity index (χ0v) is 13.6. The second-order valence-electron chi connectivity index (χ2n) is 6.38. The van der Waals surface area contributed by atoms with Crippen LogP contribution >= 0.6 is 11.3 Å². The molecular formula is C15H24N4OS. The number of amides is 1. The number of fused-ring (bicyclic) bond motifs is 2. The SMILES string of the molecule is CCNc1nc(N)c(C(=O)N(C)CC2CC3CCC2C3)s1. The number of hydrogen-bond acceptors (Lipinski definition) is 5. The zero-order chi connectivity index (χ0) is 15.0. The Morgan fingerprint density at radius 1 is 1.48 bits per heavy atom. The summed E-state index contributed by atoms with van der Waals surface area (Å²) in [4.78, 5) is 19.2. The first-order valence-corrected chi connectivity index (χ1v) is 8.65. The molecule has 1 aromatic rings. The first-order valence-electron chi connectivity index (χ1n) is 7.84. The van der Waals surface area contributed by atoms with Crippen molar-refractivity contribution < 1.29 is 4.79 Å². The fourth-order valence-corrected chi connectivity index (χ4v) is 4.87. The molecule has 2 fully saturated rings. The van der Waals surface area contributed by atoms with Gasteiger partial charge in [0.25, 0.3) is 5.91 Å². The van der Waals surface area contributed by atoms with E-state index in [4.69, 9.17) is 5.73 Å². The number of thiazole rings is 1. The fourth-order valence-electron chi connectivity index (χ4n) is 3.92. The second kappa shape index (κ2) is 5.83. The highest BCUT2D eigenvalue weighted by molar-refractivity contribution is 7.18. The van der Waals surface area contributed by atoms with Gasteiger partial charge in [0.05, 0.1) is 0 Å². The van der Waals surface area contributed by atoms with Crippen LogP contribution in [0.4, 0.5) is 10.9 Å². The number of carbonyl (C=O) groups excluding carboxylic acids is 1.